The van der Waals surface area contributed by atoms with Gasteiger partial charge in [-0.1, -0.05) is 29.3 Å². The lowest BCUT2D eigenvalue weighted by atomic mass is 10.0. The van der Waals surface area contributed by atoms with Crippen molar-refractivity contribution >= 4 is 23.2 Å². The van der Waals surface area contributed by atoms with Gasteiger partial charge in [0.2, 0.25) is 0 Å². The molecule has 0 heterocycles. The Balaban J connectivity index is 2.58. The van der Waals surface area contributed by atoms with E-state index in [0.717, 1.165) is 5.56 Å². The van der Waals surface area contributed by atoms with Crippen molar-refractivity contribution in [1.29, 1.82) is 0 Å². The Morgan fingerprint density at radius 2 is 1.65 bits per heavy atom. The number of rotatable bonds is 2. The second kappa shape index (κ2) is 5.05. The number of benzene rings is 2. The first-order chi connectivity index (χ1) is 8.10. The van der Waals surface area contributed by atoms with Crippen LogP contribution in [-0.2, 0) is 6.54 Å². The second-order valence-electron chi connectivity index (χ2n) is 3.68. The Morgan fingerprint density at radius 3 is 2.24 bits per heavy atom. The van der Waals surface area contributed by atoms with Gasteiger partial charge in [0.1, 0.15) is 5.82 Å². The van der Waals surface area contributed by atoms with E-state index in [9.17, 15) is 4.39 Å². The SMILES string of the molecule is NCc1ccc(F)c(-c2cc(Cl)cc(Cl)c2)c1. The van der Waals surface area contributed by atoms with Crippen LogP contribution in [0, 0.1) is 5.82 Å². The third-order valence-electron chi connectivity index (χ3n) is 2.44. The van der Waals surface area contributed by atoms with Crippen LogP contribution in [0.3, 0.4) is 0 Å². The second-order valence-corrected chi connectivity index (χ2v) is 4.55. The third-order valence-corrected chi connectivity index (χ3v) is 2.88. The smallest absolute Gasteiger partial charge is 0.131 e. The van der Waals surface area contributed by atoms with Gasteiger partial charge in [-0.15, -0.1) is 0 Å². The molecule has 0 spiro atoms. The molecule has 4 heteroatoms. The van der Waals surface area contributed by atoms with Gasteiger partial charge >= 0.3 is 0 Å². The van der Waals surface area contributed by atoms with Gasteiger partial charge in [0.05, 0.1) is 0 Å². The zero-order valence-electron chi connectivity index (χ0n) is 8.88. The zero-order chi connectivity index (χ0) is 12.4. The van der Waals surface area contributed by atoms with Crippen LogP contribution in [0.4, 0.5) is 4.39 Å². The number of hydrogen-bond acceptors (Lipinski definition) is 1. The Morgan fingerprint density at radius 1 is 1.00 bits per heavy atom. The van der Waals surface area contributed by atoms with Crippen LogP contribution in [0.25, 0.3) is 11.1 Å². The molecule has 0 atom stereocenters. The van der Waals surface area contributed by atoms with Crippen molar-refractivity contribution in [2.24, 2.45) is 5.73 Å². The first kappa shape index (κ1) is 12.4. The largest absolute Gasteiger partial charge is 0.326 e. The topological polar surface area (TPSA) is 26.0 Å². The van der Waals surface area contributed by atoms with E-state index in [0.29, 0.717) is 27.7 Å². The molecule has 0 saturated heterocycles. The van der Waals surface area contributed by atoms with Gasteiger partial charge in [0.25, 0.3) is 0 Å². The van der Waals surface area contributed by atoms with Gasteiger partial charge < -0.3 is 5.73 Å². The maximum Gasteiger partial charge on any atom is 0.131 e. The van der Waals surface area contributed by atoms with Crippen molar-refractivity contribution in [2.45, 2.75) is 6.54 Å². The van der Waals surface area contributed by atoms with E-state index >= 15 is 0 Å². The van der Waals surface area contributed by atoms with Crippen LogP contribution < -0.4 is 5.73 Å². The van der Waals surface area contributed by atoms with Crippen LogP contribution in [0.1, 0.15) is 5.56 Å². The number of nitrogens with two attached hydrogens (primary N) is 1. The van der Waals surface area contributed by atoms with Crippen LogP contribution in [0.15, 0.2) is 36.4 Å². The molecule has 0 radical (unpaired) electrons. The van der Waals surface area contributed by atoms with E-state index in [1.165, 1.54) is 6.07 Å². The lowest BCUT2D eigenvalue weighted by molar-refractivity contribution is 0.630. The summed E-state index contributed by atoms with van der Waals surface area (Å²) in [5, 5.41) is 0.954. The Bertz CT molecular complexity index is 535. The summed E-state index contributed by atoms with van der Waals surface area (Å²) >= 11 is 11.8. The maximum atomic E-state index is 13.7. The summed E-state index contributed by atoms with van der Waals surface area (Å²) in [6.45, 7) is 0.363. The molecule has 0 saturated carbocycles. The van der Waals surface area contributed by atoms with Crippen LogP contribution in [-0.4, -0.2) is 0 Å². The van der Waals surface area contributed by atoms with Crippen molar-refractivity contribution in [3.05, 3.63) is 57.8 Å². The van der Waals surface area contributed by atoms with E-state index < -0.39 is 0 Å². The molecular weight excluding hydrogens is 260 g/mol. The molecule has 17 heavy (non-hydrogen) atoms. The molecule has 2 rings (SSSR count). The molecule has 2 N–H and O–H groups in total. The van der Waals surface area contributed by atoms with Crippen molar-refractivity contribution in [3.8, 4) is 11.1 Å². The Kier molecular flexibility index (Phi) is 3.67. The molecular formula is C13H10Cl2FN. The standard InChI is InChI=1S/C13H10Cl2FN/c14-10-4-9(5-11(15)6-10)12-3-8(7-17)1-2-13(12)16/h1-6H,7,17H2. The van der Waals surface area contributed by atoms with Gasteiger partial charge in [-0.2, -0.15) is 0 Å². The molecule has 88 valence electrons. The zero-order valence-corrected chi connectivity index (χ0v) is 10.4. The highest BCUT2D eigenvalue weighted by Gasteiger charge is 2.07. The van der Waals surface area contributed by atoms with E-state index in [2.05, 4.69) is 0 Å². The van der Waals surface area contributed by atoms with Crippen molar-refractivity contribution in [2.75, 3.05) is 0 Å². The fraction of sp³-hybridized carbons (Fsp3) is 0.0769. The average molecular weight is 270 g/mol. The highest BCUT2D eigenvalue weighted by atomic mass is 35.5. The van der Waals surface area contributed by atoms with Gasteiger partial charge in [-0.25, -0.2) is 4.39 Å². The lowest BCUT2D eigenvalue weighted by Gasteiger charge is -2.07. The molecule has 0 amide bonds. The van der Waals surface area contributed by atoms with E-state index in [-0.39, 0.29) is 5.82 Å². The molecule has 0 unspecified atom stereocenters. The third kappa shape index (κ3) is 2.78. The first-order valence-electron chi connectivity index (χ1n) is 5.05. The average Bonchev–Trinajstić information content (AvgIpc) is 2.28. The normalized spacial score (nSPS) is 10.6. The summed E-state index contributed by atoms with van der Waals surface area (Å²) in [5.74, 6) is -0.319. The fourth-order valence-electron chi connectivity index (χ4n) is 1.63. The highest BCUT2D eigenvalue weighted by Crippen LogP contribution is 2.29. The highest BCUT2D eigenvalue weighted by molar-refractivity contribution is 6.35. The quantitative estimate of drug-likeness (QED) is 0.866. The van der Waals surface area contributed by atoms with Crippen LogP contribution in [0.2, 0.25) is 10.0 Å². The molecule has 1 nitrogen and oxygen atoms in total. The summed E-state index contributed by atoms with van der Waals surface area (Å²) < 4.78 is 13.7. The minimum Gasteiger partial charge on any atom is -0.326 e. The van der Waals surface area contributed by atoms with E-state index in [1.54, 1.807) is 30.3 Å². The predicted molar refractivity (Wildman–Crippen MR) is 69.7 cm³/mol. The fourth-order valence-corrected chi connectivity index (χ4v) is 2.16. The maximum absolute atomic E-state index is 13.7. The van der Waals surface area contributed by atoms with Gasteiger partial charge in [0, 0.05) is 22.2 Å². The van der Waals surface area contributed by atoms with Crippen LogP contribution >= 0.6 is 23.2 Å². The monoisotopic (exact) mass is 269 g/mol. The Hall–Kier alpha value is -1.09. The summed E-state index contributed by atoms with van der Waals surface area (Å²) in [4.78, 5) is 0. The minimum atomic E-state index is -0.319. The number of hydrogen-bond donors (Lipinski definition) is 1. The molecule has 0 aliphatic carbocycles. The van der Waals surface area contributed by atoms with Gasteiger partial charge in [-0.3, -0.25) is 0 Å². The molecule has 2 aromatic carbocycles. The lowest BCUT2D eigenvalue weighted by Crippen LogP contribution is -1.97. The summed E-state index contributed by atoms with van der Waals surface area (Å²) in [6.07, 6.45) is 0. The van der Waals surface area contributed by atoms with Gasteiger partial charge in [-0.05, 0) is 41.5 Å². The molecule has 2 aromatic rings. The van der Waals surface area contributed by atoms with Crippen molar-refractivity contribution < 1.29 is 4.39 Å². The molecule has 0 aliphatic heterocycles. The summed E-state index contributed by atoms with van der Waals surface area (Å²) in [7, 11) is 0. The van der Waals surface area contributed by atoms with Crippen molar-refractivity contribution in [3.63, 3.8) is 0 Å². The van der Waals surface area contributed by atoms with Gasteiger partial charge in [0.15, 0.2) is 0 Å². The molecule has 0 bridgehead atoms. The summed E-state index contributed by atoms with van der Waals surface area (Å²) in [6, 6.07) is 9.71. The Labute approximate surface area is 109 Å². The minimum absolute atomic E-state index is 0.319. The molecule has 0 fully saturated rings. The van der Waals surface area contributed by atoms with Crippen molar-refractivity contribution in [1.82, 2.24) is 0 Å². The number of halogens is 3. The first-order valence-corrected chi connectivity index (χ1v) is 5.80. The molecule has 0 aliphatic rings. The van der Waals surface area contributed by atoms with Crippen LogP contribution in [0.5, 0.6) is 0 Å². The van der Waals surface area contributed by atoms with E-state index in [4.69, 9.17) is 28.9 Å². The van der Waals surface area contributed by atoms with E-state index in [1.807, 2.05) is 0 Å². The summed E-state index contributed by atoms with van der Waals surface area (Å²) in [5.41, 5.74) is 7.50. The predicted octanol–water partition coefficient (Wildman–Crippen LogP) is 4.26. The molecule has 0 aromatic heterocycles.